The van der Waals surface area contributed by atoms with Crippen molar-refractivity contribution >= 4 is 49.3 Å². The van der Waals surface area contributed by atoms with Crippen LogP contribution in [0.1, 0.15) is 5.56 Å². The van der Waals surface area contributed by atoms with Crippen LogP contribution in [0.15, 0.2) is 212 Å². The van der Waals surface area contributed by atoms with Crippen LogP contribution in [0.4, 0.5) is 5.69 Å². The summed E-state index contributed by atoms with van der Waals surface area (Å²) in [6, 6.07) is 74.8. The van der Waals surface area contributed by atoms with Crippen LogP contribution in [0.5, 0.6) is 0 Å². The van der Waals surface area contributed by atoms with Gasteiger partial charge in [0.2, 0.25) is 0 Å². The van der Waals surface area contributed by atoms with E-state index in [0.29, 0.717) is 28.7 Å². The molecule has 306 valence electrons. The Labute approximate surface area is 380 Å². The molecule has 9 aromatic carbocycles. The van der Waals surface area contributed by atoms with Crippen molar-refractivity contribution in [2.24, 2.45) is 0 Å². The van der Waals surface area contributed by atoms with Gasteiger partial charge in [0.25, 0.3) is 0 Å². The van der Waals surface area contributed by atoms with E-state index in [1.807, 2.05) is 66.7 Å². The summed E-state index contributed by atoms with van der Waals surface area (Å²) in [5.41, 5.74) is 13.6. The highest BCUT2D eigenvalue weighted by atomic mass is 15.1. The number of hydrogen-bond donors (Lipinski definition) is 0. The molecule has 0 saturated heterocycles. The van der Waals surface area contributed by atoms with Crippen LogP contribution in [-0.4, -0.2) is 24.1 Å². The molecule has 0 aliphatic rings. The van der Waals surface area contributed by atoms with Gasteiger partial charge in [-0.25, -0.2) is 19.8 Å². The van der Waals surface area contributed by atoms with Gasteiger partial charge in [0.05, 0.1) is 40.4 Å². The molecule has 0 amide bonds. The van der Waals surface area contributed by atoms with Gasteiger partial charge in [-0.2, -0.15) is 5.26 Å². The maximum Gasteiger partial charge on any atom is 0.196 e. The molecule has 0 spiro atoms. The second-order valence-corrected chi connectivity index (χ2v) is 16.2. The predicted molar refractivity (Wildman–Crippen MR) is 267 cm³/mol. The van der Waals surface area contributed by atoms with E-state index in [9.17, 15) is 5.26 Å². The van der Waals surface area contributed by atoms with Gasteiger partial charge in [-0.1, -0.05) is 146 Å². The largest absolute Gasteiger partial charge is 0.309 e. The van der Waals surface area contributed by atoms with Gasteiger partial charge in [-0.3, -0.25) is 0 Å². The molecule has 7 nitrogen and oxygen atoms in total. The highest BCUT2D eigenvalue weighted by Gasteiger charge is 2.23. The molecule has 0 bridgehead atoms. The second kappa shape index (κ2) is 15.7. The topological polar surface area (TPSA) is 76.7 Å². The lowest BCUT2D eigenvalue weighted by molar-refractivity contribution is 1.06. The number of hydrogen-bond acceptors (Lipinski definition) is 4. The minimum absolute atomic E-state index is 0.440. The highest BCUT2D eigenvalue weighted by molar-refractivity contribution is 6.16. The number of benzene rings is 9. The van der Waals surface area contributed by atoms with Crippen molar-refractivity contribution in [3.63, 3.8) is 0 Å². The monoisotopic (exact) mass is 841 g/mol. The summed E-state index contributed by atoms with van der Waals surface area (Å²) in [7, 11) is 0. The molecular formula is C59H35N7. The van der Waals surface area contributed by atoms with E-state index in [1.165, 1.54) is 0 Å². The number of rotatable bonds is 7. The third kappa shape index (κ3) is 6.31. The number of fused-ring (bicyclic) bond motifs is 6. The molecule has 3 aromatic heterocycles. The molecule has 7 heteroatoms. The van der Waals surface area contributed by atoms with E-state index >= 15 is 0 Å². The van der Waals surface area contributed by atoms with E-state index in [0.717, 1.165) is 93.9 Å². The van der Waals surface area contributed by atoms with Crippen molar-refractivity contribution in [2.75, 3.05) is 0 Å². The van der Waals surface area contributed by atoms with Gasteiger partial charge >= 0.3 is 0 Å². The standard InChI is InChI=1S/C59H35N7/c1-61-50-34-38(37-60)28-31-44(50)41-29-32-53-48(35-41)46-22-11-13-25-51(46)66(53)54-33-30-42(45-24-15-27-55-56(45)47-23-12-14-26-52(47)65(55)43-20-9-4-10-21-43)36-49(54)59-63-57(39-16-5-2-6-17-39)62-58(64-59)40-18-7-3-8-19-40/h2-36H. The first-order valence-electron chi connectivity index (χ1n) is 21.7. The average molecular weight is 842 g/mol. The van der Waals surface area contributed by atoms with Gasteiger partial charge in [-0.15, -0.1) is 0 Å². The number of para-hydroxylation sites is 3. The molecule has 0 aliphatic carbocycles. The molecule has 0 fully saturated rings. The SMILES string of the molecule is [C-]#[N+]c1cc(C#N)ccc1-c1ccc2c(c1)c1ccccc1n2-c1ccc(-c2cccc3c2c2ccccc2n3-c2ccccc2)cc1-c1nc(-c2ccccc2)nc(-c2ccccc2)n1. The summed E-state index contributed by atoms with van der Waals surface area (Å²) in [5, 5.41) is 14.0. The molecular weight excluding hydrogens is 807 g/mol. The summed E-state index contributed by atoms with van der Waals surface area (Å²) < 4.78 is 4.65. The Morgan fingerprint density at radius 1 is 0.409 bits per heavy atom. The van der Waals surface area contributed by atoms with Crippen LogP contribution in [0.2, 0.25) is 0 Å². The van der Waals surface area contributed by atoms with Crippen LogP contribution >= 0.6 is 0 Å². The Bertz CT molecular complexity index is 3890. The average Bonchev–Trinajstić information content (AvgIpc) is 3.91. The van der Waals surface area contributed by atoms with E-state index < -0.39 is 0 Å². The predicted octanol–water partition coefficient (Wildman–Crippen LogP) is 14.8. The van der Waals surface area contributed by atoms with Crippen molar-refractivity contribution < 1.29 is 0 Å². The molecule has 3 heterocycles. The Morgan fingerprint density at radius 2 is 0.985 bits per heavy atom. The first-order chi connectivity index (χ1) is 32.6. The van der Waals surface area contributed by atoms with Gasteiger partial charge in [0.15, 0.2) is 23.2 Å². The van der Waals surface area contributed by atoms with Crippen molar-refractivity contribution in [1.82, 2.24) is 24.1 Å². The van der Waals surface area contributed by atoms with E-state index in [2.05, 4.69) is 154 Å². The minimum atomic E-state index is 0.440. The normalized spacial score (nSPS) is 11.3. The Morgan fingerprint density at radius 3 is 1.68 bits per heavy atom. The van der Waals surface area contributed by atoms with Gasteiger partial charge in [-0.05, 0) is 89.0 Å². The van der Waals surface area contributed by atoms with Gasteiger partial charge < -0.3 is 9.13 Å². The van der Waals surface area contributed by atoms with Crippen LogP contribution in [0.25, 0.3) is 116 Å². The molecule has 0 saturated carbocycles. The maximum absolute atomic E-state index is 9.59. The van der Waals surface area contributed by atoms with Crippen LogP contribution < -0.4 is 0 Å². The highest BCUT2D eigenvalue weighted by Crippen LogP contribution is 2.43. The molecule has 0 atom stereocenters. The zero-order valence-electron chi connectivity index (χ0n) is 35.3. The van der Waals surface area contributed by atoms with Crippen LogP contribution in [0, 0.1) is 17.9 Å². The van der Waals surface area contributed by atoms with E-state index in [4.69, 9.17) is 21.5 Å². The molecule has 0 aliphatic heterocycles. The Hall–Kier alpha value is -9.43. The first kappa shape index (κ1) is 38.3. The Balaban J connectivity index is 1.15. The fourth-order valence-electron chi connectivity index (χ4n) is 9.46. The second-order valence-electron chi connectivity index (χ2n) is 16.2. The van der Waals surface area contributed by atoms with Gasteiger partial charge in [0, 0.05) is 49.5 Å². The summed E-state index contributed by atoms with van der Waals surface area (Å²) >= 11 is 0. The minimum Gasteiger partial charge on any atom is -0.309 e. The third-order valence-corrected chi connectivity index (χ3v) is 12.4. The summed E-state index contributed by atoms with van der Waals surface area (Å²) in [6.07, 6.45) is 0. The maximum atomic E-state index is 9.59. The number of nitriles is 1. The third-order valence-electron chi connectivity index (χ3n) is 12.4. The zero-order valence-corrected chi connectivity index (χ0v) is 35.3. The van der Waals surface area contributed by atoms with Gasteiger partial charge in [0.1, 0.15) is 0 Å². The van der Waals surface area contributed by atoms with E-state index in [1.54, 1.807) is 12.1 Å². The Kier molecular flexibility index (Phi) is 9.12. The number of nitrogens with zero attached hydrogens (tertiary/aromatic N) is 7. The van der Waals surface area contributed by atoms with Crippen LogP contribution in [-0.2, 0) is 0 Å². The molecule has 66 heavy (non-hydrogen) atoms. The first-order valence-corrected chi connectivity index (χ1v) is 21.7. The molecule has 12 aromatic rings. The van der Waals surface area contributed by atoms with Crippen molar-refractivity contribution in [3.8, 4) is 73.9 Å². The smallest absolute Gasteiger partial charge is 0.196 e. The lowest BCUT2D eigenvalue weighted by atomic mass is 9.96. The fourth-order valence-corrected chi connectivity index (χ4v) is 9.46. The summed E-state index contributed by atoms with van der Waals surface area (Å²) in [4.78, 5) is 19.5. The molecule has 0 radical (unpaired) electrons. The lowest BCUT2D eigenvalue weighted by Gasteiger charge is -2.17. The van der Waals surface area contributed by atoms with Crippen molar-refractivity contribution in [3.05, 3.63) is 229 Å². The van der Waals surface area contributed by atoms with E-state index in [-0.39, 0.29) is 0 Å². The molecule has 12 rings (SSSR count). The fraction of sp³-hybridized carbons (Fsp3) is 0. The van der Waals surface area contributed by atoms with Crippen molar-refractivity contribution in [2.45, 2.75) is 0 Å². The van der Waals surface area contributed by atoms with Crippen molar-refractivity contribution in [1.29, 1.82) is 5.26 Å². The van der Waals surface area contributed by atoms with Crippen LogP contribution in [0.3, 0.4) is 0 Å². The number of aromatic nitrogens is 5. The quantitative estimate of drug-likeness (QED) is 0.150. The molecule has 0 N–H and O–H groups in total. The summed E-state index contributed by atoms with van der Waals surface area (Å²) in [6.45, 7) is 7.96. The zero-order chi connectivity index (χ0) is 44.1. The summed E-state index contributed by atoms with van der Waals surface area (Å²) in [5.74, 6) is 1.70. The lowest BCUT2D eigenvalue weighted by Crippen LogP contribution is -2.04. The molecule has 0 unspecified atom stereocenters.